The molecule has 0 heterocycles. The third-order valence-corrected chi connectivity index (χ3v) is 3.36. The second-order valence-corrected chi connectivity index (χ2v) is 5.14. The Hall–Kier alpha value is -1.99. The molecule has 8 heteroatoms. The van der Waals surface area contributed by atoms with Gasteiger partial charge < -0.3 is 0 Å². The van der Waals surface area contributed by atoms with Crippen molar-refractivity contribution in [2.75, 3.05) is 0 Å². The maximum atomic E-state index is 11.1. The summed E-state index contributed by atoms with van der Waals surface area (Å²) in [6.45, 7) is 0. The standard InChI is InChI=1S/C12H6BrClN2O4/c13-7-5-9(14)12(11(6-7)16(19)20)8-3-1-2-4-10(8)15(17)18/h1-6H. The van der Waals surface area contributed by atoms with Crippen molar-refractivity contribution in [3.05, 3.63) is 66.1 Å². The first-order valence-electron chi connectivity index (χ1n) is 5.29. The molecule has 2 aromatic rings. The van der Waals surface area contributed by atoms with E-state index in [1.165, 1.54) is 30.3 Å². The van der Waals surface area contributed by atoms with Crippen LogP contribution in [-0.2, 0) is 0 Å². The van der Waals surface area contributed by atoms with Gasteiger partial charge in [0.15, 0.2) is 0 Å². The molecule has 0 N–H and O–H groups in total. The lowest BCUT2D eigenvalue weighted by Gasteiger charge is -2.07. The van der Waals surface area contributed by atoms with Crippen LogP contribution < -0.4 is 0 Å². The highest BCUT2D eigenvalue weighted by molar-refractivity contribution is 9.10. The molecule has 2 aromatic carbocycles. The van der Waals surface area contributed by atoms with Gasteiger partial charge in [0.25, 0.3) is 11.4 Å². The molecule has 0 saturated carbocycles. The minimum absolute atomic E-state index is 0.0344. The van der Waals surface area contributed by atoms with Gasteiger partial charge in [0.2, 0.25) is 0 Å². The number of rotatable bonds is 3. The molecule has 0 fully saturated rings. The van der Waals surface area contributed by atoms with Gasteiger partial charge >= 0.3 is 0 Å². The Kier molecular flexibility index (Phi) is 4.01. The number of nitro groups is 2. The number of hydrogen-bond donors (Lipinski definition) is 0. The summed E-state index contributed by atoms with van der Waals surface area (Å²) in [6, 6.07) is 8.47. The molecule has 0 aliphatic heterocycles. The molecule has 0 unspecified atom stereocenters. The van der Waals surface area contributed by atoms with Gasteiger partial charge in [0.1, 0.15) is 0 Å². The zero-order valence-corrected chi connectivity index (χ0v) is 12.1. The van der Waals surface area contributed by atoms with Crippen LogP contribution in [0.2, 0.25) is 5.02 Å². The van der Waals surface area contributed by atoms with Crippen LogP contribution in [-0.4, -0.2) is 9.85 Å². The molecule has 0 saturated heterocycles. The van der Waals surface area contributed by atoms with Gasteiger partial charge in [-0.15, -0.1) is 0 Å². The number of nitro benzene ring substituents is 2. The van der Waals surface area contributed by atoms with Gasteiger partial charge in [-0.3, -0.25) is 20.2 Å². The van der Waals surface area contributed by atoms with E-state index in [0.717, 1.165) is 0 Å². The van der Waals surface area contributed by atoms with Crippen molar-refractivity contribution in [3.8, 4) is 11.1 Å². The fraction of sp³-hybridized carbons (Fsp3) is 0. The number of nitrogens with zero attached hydrogens (tertiary/aromatic N) is 2. The molecule has 6 nitrogen and oxygen atoms in total. The minimum atomic E-state index is -0.622. The minimum Gasteiger partial charge on any atom is -0.258 e. The van der Waals surface area contributed by atoms with Crippen molar-refractivity contribution in [2.24, 2.45) is 0 Å². The summed E-state index contributed by atoms with van der Waals surface area (Å²) in [5.41, 5.74) is -0.382. The molecule has 0 aliphatic carbocycles. The lowest BCUT2D eigenvalue weighted by atomic mass is 10.0. The molecule has 20 heavy (non-hydrogen) atoms. The van der Waals surface area contributed by atoms with E-state index in [4.69, 9.17) is 11.6 Å². The predicted octanol–water partition coefficient (Wildman–Crippen LogP) is 4.59. The lowest BCUT2D eigenvalue weighted by Crippen LogP contribution is -1.97. The first-order chi connectivity index (χ1) is 9.41. The number of para-hydroxylation sites is 1. The lowest BCUT2D eigenvalue weighted by molar-refractivity contribution is -0.386. The molecule has 0 spiro atoms. The van der Waals surface area contributed by atoms with Crippen LogP contribution in [0.15, 0.2) is 40.9 Å². The number of benzene rings is 2. The highest BCUT2D eigenvalue weighted by atomic mass is 79.9. The molecule has 0 atom stereocenters. The number of hydrogen-bond acceptors (Lipinski definition) is 4. The van der Waals surface area contributed by atoms with Gasteiger partial charge in [-0.25, -0.2) is 0 Å². The molecule has 0 aliphatic rings. The summed E-state index contributed by atoms with van der Waals surface area (Å²) in [5, 5.41) is 22.2. The summed E-state index contributed by atoms with van der Waals surface area (Å²) in [5.74, 6) is 0. The topological polar surface area (TPSA) is 86.3 Å². The monoisotopic (exact) mass is 356 g/mol. The van der Waals surface area contributed by atoms with Crippen LogP contribution in [0.25, 0.3) is 11.1 Å². The SMILES string of the molecule is O=[N+]([O-])c1ccccc1-c1c(Cl)cc(Br)cc1[N+](=O)[O-]. The van der Waals surface area contributed by atoms with E-state index in [2.05, 4.69) is 15.9 Å². The quantitative estimate of drug-likeness (QED) is 0.594. The van der Waals surface area contributed by atoms with Crippen LogP contribution in [0, 0.1) is 20.2 Å². The Morgan fingerprint density at radius 1 is 1.00 bits per heavy atom. The average molecular weight is 358 g/mol. The van der Waals surface area contributed by atoms with Gasteiger partial charge in [0.05, 0.1) is 26.0 Å². The summed E-state index contributed by atoms with van der Waals surface area (Å²) in [7, 11) is 0. The van der Waals surface area contributed by atoms with Crippen LogP contribution in [0.1, 0.15) is 0 Å². The van der Waals surface area contributed by atoms with E-state index in [9.17, 15) is 20.2 Å². The maximum Gasteiger partial charge on any atom is 0.280 e. The first-order valence-corrected chi connectivity index (χ1v) is 6.46. The molecule has 0 bridgehead atoms. The molecular weight excluding hydrogens is 351 g/mol. The number of halogens is 2. The van der Waals surface area contributed by atoms with Gasteiger partial charge in [-0.2, -0.15) is 0 Å². The molecule has 0 radical (unpaired) electrons. The summed E-state index contributed by atoms with van der Waals surface area (Å²) >= 11 is 9.15. The highest BCUT2D eigenvalue weighted by Crippen LogP contribution is 2.42. The van der Waals surface area contributed by atoms with E-state index in [1.807, 2.05) is 0 Å². The van der Waals surface area contributed by atoms with E-state index < -0.39 is 9.85 Å². The summed E-state index contributed by atoms with van der Waals surface area (Å²) in [6.07, 6.45) is 0. The van der Waals surface area contributed by atoms with E-state index in [0.29, 0.717) is 4.47 Å². The van der Waals surface area contributed by atoms with E-state index in [1.54, 1.807) is 6.07 Å². The van der Waals surface area contributed by atoms with Gasteiger partial charge in [0, 0.05) is 16.6 Å². The predicted molar refractivity (Wildman–Crippen MR) is 77.9 cm³/mol. The van der Waals surface area contributed by atoms with Crippen molar-refractivity contribution in [2.45, 2.75) is 0 Å². The average Bonchev–Trinajstić information content (AvgIpc) is 2.37. The van der Waals surface area contributed by atoms with Crippen molar-refractivity contribution in [3.63, 3.8) is 0 Å². The van der Waals surface area contributed by atoms with E-state index >= 15 is 0 Å². The molecule has 2 rings (SSSR count). The van der Waals surface area contributed by atoms with Gasteiger partial charge in [-0.05, 0) is 12.1 Å². The third-order valence-electron chi connectivity index (χ3n) is 2.60. The second kappa shape index (κ2) is 5.56. The Morgan fingerprint density at radius 2 is 1.60 bits per heavy atom. The van der Waals surface area contributed by atoms with Crippen LogP contribution in [0.4, 0.5) is 11.4 Å². The Labute approximate surface area is 126 Å². The largest absolute Gasteiger partial charge is 0.280 e. The van der Waals surface area contributed by atoms with Crippen LogP contribution >= 0.6 is 27.5 Å². The summed E-state index contributed by atoms with van der Waals surface area (Å²) < 4.78 is 0.427. The fourth-order valence-corrected chi connectivity index (χ4v) is 2.71. The van der Waals surface area contributed by atoms with Crippen molar-refractivity contribution in [1.82, 2.24) is 0 Å². The molecule has 0 amide bonds. The zero-order valence-electron chi connectivity index (χ0n) is 9.75. The zero-order chi connectivity index (χ0) is 14.9. The van der Waals surface area contributed by atoms with E-state index in [-0.39, 0.29) is 27.5 Å². The Balaban J connectivity index is 2.83. The Morgan fingerprint density at radius 3 is 2.20 bits per heavy atom. The van der Waals surface area contributed by atoms with Crippen molar-refractivity contribution in [1.29, 1.82) is 0 Å². The Bertz CT molecular complexity index is 721. The maximum absolute atomic E-state index is 11.1. The molecule has 0 aromatic heterocycles. The van der Waals surface area contributed by atoms with Crippen molar-refractivity contribution < 1.29 is 9.85 Å². The first kappa shape index (κ1) is 14.4. The third kappa shape index (κ3) is 2.63. The second-order valence-electron chi connectivity index (χ2n) is 3.81. The smallest absolute Gasteiger partial charge is 0.258 e. The normalized spacial score (nSPS) is 10.3. The fourth-order valence-electron chi connectivity index (χ4n) is 1.81. The van der Waals surface area contributed by atoms with Gasteiger partial charge in [-0.1, -0.05) is 39.7 Å². The van der Waals surface area contributed by atoms with Crippen molar-refractivity contribution >= 4 is 38.9 Å². The molecule has 102 valence electrons. The summed E-state index contributed by atoms with van der Waals surface area (Å²) in [4.78, 5) is 21.0. The highest BCUT2D eigenvalue weighted by Gasteiger charge is 2.25. The van der Waals surface area contributed by atoms with Crippen LogP contribution in [0.3, 0.4) is 0 Å². The molecular formula is C12H6BrClN2O4. The van der Waals surface area contributed by atoms with Crippen LogP contribution in [0.5, 0.6) is 0 Å².